The van der Waals surface area contributed by atoms with Gasteiger partial charge in [-0.1, -0.05) is 35.3 Å². The Morgan fingerprint density at radius 3 is 2.43 bits per heavy atom. The summed E-state index contributed by atoms with van der Waals surface area (Å²) in [6.07, 6.45) is 1.04. The van der Waals surface area contributed by atoms with Crippen molar-refractivity contribution in [3.63, 3.8) is 0 Å². The highest BCUT2D eigenvalue weighted by Crippen LogP contribution is 2.25. The fourth-order valence-corrected chi connectivity index (χ4v) is 5.94. The van der Waals surface area contributed by atoms with E-state index in [2.05, 4.69) is 5.32 Å². The quantitative estimate of drug-likeness (QED) is 0.559. The minimum atomic E-state index is -3.55. The molecule has 1 fully saturated rings. The minimum Gasteiger partial charge on any atom is -0.355 e. The molecule has 0 atom stereocenters. The molecule has 3 rings (SSSR count). The van der Waals surface area contributed by atoms with Crippen LogP contribution in [0, 0.1) is 5.92 Å². The van der Waals surface area contributed by atoms with Crippen LogP contribution in [0.3, 0.4) is 0 Å². The molecule has 5 nitrogen and oxygen atoms in total. The van der Waals surface area contributed by atoms with Crippen LogP contribution in [0.2, 0.25) is 10.0 Å². The van der Waals surface area contributed by atoms with Gasteiger partial charge in [-0.2, -0.15) is 16.1 Å². The van der Waals surface area contributed by atoms with Gasteiger partial charge in [-0.3, -0.25) is 4.79 Å². The van der Waals surface area contributed by atoms with Gasteiger partial charge >= 0.3 is 0 Å². The number of nitrogens with one attached hydrogen (secondary N) is 1. The number of halogens is 2. The van der Waals surface area contributed by atoms with Gasteiger partial charge in [0.2, 0.25) is 15.9 Å². The molecule has 1 aliphatic rings. The van der Waals surface area contributed by atoms with Crippen molar-refractivity contribution in [2.45, 2.75) is 23.5 Å². The second kappa shape index (κ2) is 10.9. The lowest BCUT2D eigenvalue weighted by Crippen LogP contribution is -2.43. The summed E-state index contributed by atoms with van der Waals surface area (Å²) >= 11 is 13.6. The zero-order chi connectivity index (χ0) is 21.6. The Balaban J connectivity index is 1.39. The highest BCUT2D eigenvalue weighted by Gasteiger charge is 2.31. The van der Waals surface area contributed by atoms with Crippen molar-refractivity contribution in [2.24, 2.45) is 5.92 Å². The average Bonchev–Trinajstić information content (AvgIpc) is 2.74. The van der Waals surface area contributed by atoms with E-state index >= 15 is 0 Å². The molecule has 0 aromatic heterocycles. The first-order valence-electron chi connectivity index (χ1n) is 9.72. The second-order valence-corrected chi connectivity index (χ2v) is 11.0. The van der Waals surface area contributed by atoms with Crippen LogP contribution in [0.15, 0.2) is 53.4 Å². The number of rotatable bonds is 8. The summed E-state index contributed by atoms with van der Waals surface area (Å²) in [4.78, 5) is 12.6. The number of hydrogen-bond acceptors (Lipinski definition) is 4. The van der Waals surface area contributed by atoms with Crippen molar-refractivity contribution in [2.75, 3.05) is 25.4 Å². The molecule has 162 valence electrons. The Hall–Kier alpha value is -1.25. The zero-order valence-electron chi connectivity index (χ0n) is 16.4. The van der Waals surface area contributed by atoms with Gasteiger partial charge in [0.05, 0.1) is 4.90 Å². The van der Waals surface area contributed by atoms with Gasteiger partial charge in [-0.25, -0.2) is 8.42 Å². The molecule has 1 amide bonds. The van der Waals surface area contributed by atoms with Gasteiger partial charge in [0.15, 0.2) is 0 Å². The Bertz CT molecular complexity index is 960. The first-order valence-corrected chi connectivity index (χ1v) is 13.1. The van der Waals surface area contributed by atoms with Crippen LogP contribution >= 0.6 is 35.0 Å². The third-order valence-corrected chi connectivity index (χ3v) is 8.41. The molecule has 0 bridgehead atoms. The molecule has 1 heterocycles. The van der Waals surface area contributed by atoms with Gasteiger partial charge in [0, 0.05) is 47.1 Å². The summed E-state index contributed by atoms with van der Waals surface area (Å²) in [5.74, 6) is 1.50. The van der Waals surface area contributed by atoms with Crippen molar-refractivity contribution in [3.05, 3.63) is 64.1 Å². The van der Waals surface area contributed by atoms with Crippen LogP contribution in [0.25, 0.3) is 0 Å². The number of hydrogen-bond donors (Lipinski definition) is 1. The van der Waals surface area contributed by atoms with Gasteiger partial charge in [0.25, 0.3) is 0 Å². The molecule has 0 saturated carbocycles. The van der Waals surface area contributed by atoms with Crippen molar-refractivity contribution < 1.29 is 13.2 Å². The van der Waals surface area contributed by atoms with Gasteiger partial charge < -0.3 is 5.32 Å². The SMILES string of the molecule is O=C(NCCSCc1cccc(Cl)c1)C1CCN(S(=O)(=O)c2ccc(Cl)cc2)CC1. The highest BCUT2D eigenvalue weighted by atomic mass is 35.5. The first kappa shape index (κ1) is 23.4. The number of carbonyl (C=O) groups is 1. The fraction of sp³-hybridized carbons (Fsp3) is 0.381. The number of nitrogens with zero attached hydrogens (tertiary/aromatic N) is 1. The van der Waals surface area contributed by atoms with Crippen molar-refractivity contribution in [3.8, 4) is 0 Å². The van der Waals surface area contributed by atoms with Crippen LogP contribution in [0.4, 0.5) is 0 Å². The van der Waals surface area contributed by atoms with E-state index in [-0.39, 0.29) is 16.7 Å². The molecule has 2 aromatic carbocycles. The van der Waals surface area contributed by atoms with E-state index in [0.717, 1.165) is 22.1 Å². The second-order valence-electron chi connectivity index (χ2n) is 7.11. The van der Waals surface area contributed by atoms with Crippen molar-refractivity contribution in [1.82, 2.24) is 9.62 Å². The first-order chi connectivity index (χ1) is 14.4. The Kier molecular flexibility index (Phi) is 8.48. The maximum absolute atomic E-state index is 12.7. The summed E-state index contributed by atoms with van der Waals surface area (Å²) in [5, 5.41) is 4.20. The predicted octanol–water partition coefficient (Wildman–Crippen LogP) is 4.44. The van der Waals surface area contributed by atoms with Crippen molar-refractivity contribution in [1.29, 1.82) is 0 Å². The number of thioether (sulfide) groups is 1. The lowest BCUT2D eigenvalue weighted by atomic mass is 9.97. The normalized spacial score (nSPS) is 15.8. The molecule has 1 N–H and O–H groups in total. The monoisotopic (exact) mass is 486 g/mol. The number of benzene rings is 2. The van der Waals surface area contributed by atoms with Gasteiger partial charge in [-0.05, 0) is 54.8 Å². The van der Waals surface area contributed by atoms with Crippen molar-refractivity contribution >= 4 is 50.9 Å². The molecular weight excluding hydrogens is 463 g/mol. The summed E-state index contributed by atoms with van der Waals surface area (Å²) < 4.78 is 26.9. The Morgan fingerprint density at radius 1 is 1.07 bits per heavy atom. The van der Waals surface area contributed by atoms with Gasteiger partial charge in [0.1, 0.15) is 0 Å². The zero-order valence-corrected chi connectivity index (χ0v) is 19.5. The van der Waals surface area contributed by atoms with Crippen LogP contribution in [0.1, 0.15) is 18.4 Å². The third kappa shape index (κ3) is 6.37. The largest absolute Gasteiger partial charge is 0.355 e. The van der Waals surface area contributed by atoms with Crippen LogP contribution < -0.4 is 5.32 Å². The smallest absolute Gasteiger partial charge is 0.243 e. The molecular formula is C21H24Cl2N2O3S2. The number of sulfonamides is 1. The molecule has 1 aliphatic heterocycles. The van der Waals surface area contributed by atoms with Crippen LogP contribution in [-0.4, -0.2) is 44.0 Å². The standard InChI is InChI=1S/C21H24Cl2N2O3S2/c22-18-4-6-20(7-5-18)30(27,28)25-11-8-17(9-12-25)21(26)24-10-13-29-15-16-2-1-3-19(23)14-16/h1-7,14,17H,8-13,15H2,(H,24,26). The lowest BCUT2D eigenvalue weighted by Gasteiger charge is -2.30. The number of piperidine rings is 1. The van der Waals surface area contributed by atoms with Crippen LogP contribution in [0.5, 0.6) is 0 Å². The maximum atomic E-state index is 12.7. The molecule has 0 spiro atoms. The minimum absolute atomic E-state index is 0.00176. The molecule has 1 saturated heterocycles. The van der Waals surface area contributed by atoms with E-state index < -0.39 is 10.0 Å². The molecule has 0 aliphatic carbocycles. The van der Waals surface area contributed by atoms with Crippen LogP contribution in [-0.2, 0) is 20.6 Å². The summed E-state index contributed by atoms with van der Waals surface area (Å²) in [6, 6.07) is 13.9. The summed E-state index contributed by atoms with van der Waals surface area (Å²) in [7, 11) is -3.55. The fourth-order valence-electron chi connectivity index (χ4n) is 3.32. The summed E-state index contributed by atoms with van der Waals surface area (Å²) in [5.41, 5.74) is 1.16. The predicted molar refractivity (Wildman–Crippen MR) is 124 cm³/mol. The van der Waals surface area contributed by atoms with E-state index in [4.69, 9.17) is 23.2 Å². The van der Waals surface area contributed by atoms with E-state index in [9.17, 15) is 13.2 Å². The van der Waals surface area contributed by atoms with E-state index in [0.29, 0.717) is 37.5 Å². The van der Waals surface area contributed by atoms with E-state index in [1.807, 2.05) is 24.3 Å². The number of amides is 1. The molecule has 9 heteroatoms. The van der Waals surface area contributed by atoms with E-state index in [1.54, 1.807) is 23.9 Å². The molecule has 0 unspecified atom stereocenters. The molecule has 0 radical (unpaired) electrons. The maximum Gasteiger partial charge on any atom is 0.243 e. The van der Waals surface area contributed by atoms with Gasteiger partial charge in [-0.15, -0.1) is 0 Å². The molecule has 30 heavy (non-hydrogen) atoms. The molecule has 2 aromatic rings. The highest BCUT2D eigenvalue weighted by molar-refractivity contribution is 7.98. The summed E-state index contributed by atoms with van der Waals surface area (Å²) in [6.45, 7) is 1.27. The number of carbonyl (C=O) groups excluding carboxylic acids is 1. The Labute approximate surface area is 192 Å². The Morgan fingerprint density at radius 2 is 1.77 bits per heavy atom. The topological polar surface area (TPSA) is 66.5 Å². The third-order valence-electron chi connectivity index (χ3n) is 4.98. The average molecular weight is 487 g/mol. The lowest BCUT2D eigenvalue weighted by molar-refractivity contribution is -0.125. The van der Waals surface area contributed by atoms with E-state index in [1.165, 1.54) is 16.4 Å².